The fourth-order valence-electron chi connectivity index (χ4n) is 5.32. The van der Waals surface area contributed by atoms with Crippen LogP contribution in [0, 0.1) is 0 Å². The summed E-state index contributed by atoms with van der Waals surface area (Å²) in [6.45, 7) is 0.226. The Kier molecular flexibility index (Phi) is 5.30. The van der Waals surface area contributed by atoms with Gasteiger partial charge in [-0.15, -0.1) is 0 Å². The van der Waals surface area contributed by atoms with Crippen molar-refractivity contribution < 1.29 is 14.3 Å². The van der Waals surface area contributed by atoms with E-state index in [4.69, 9.17) is 4.74 Å². The Labute approximate surface area is 182 Å². The molecule has 1 aromatic carbocycles. The Hall–Kier alpha value is -3.02. The second kappa shape index (κ2) is 8.25. The van der Waals surface area contributed by atoms with Crippen LogP contribution in [0.3, 0.4) is 0 Å². The summed E-state index contributed by atoms with van der Waals surface area (Å²) in [5.74, 6) is 1.07. The average molecular weight is 420 g/mol. The molecule has 0 bridgehead atoms. The lowest BCUT2D eigenvalue weighted by Crippen LogP contribution is -2.42. The molecule has 2 aliphatic carbocycles. The molecule has 1 aromatic heterocycles. The van der Waals surface area contributed by atoms with Crippen molar-refractivity contribution >= 4 is 28.6 Å². The monoisotopic (exact) mass is 419 g/mol. The molecule has 6 nitrogen and oxygen atoms in total. The third-order valence-corrected chi connectivity index (χ3v) is 6.85. The number of esters is 1. The highest BCUT2D eigenvalue weighted by atomic mass is 16.5. The molecule has 1 amide bonds. The second-order valence-electron chi connectivity index (χ2n) is 8.79. The van der Waals surface area contributed by atoms with Crippen molar-refractivity contribution in [3.8, 4) is 0 Å². The Morgan fingerprint density at radius 2 is 1.97 bits per heavy atom. The molecule has 2 aromatic rings. The van der Waals surface area contributed by atoms with E-state index in [9.17, 15) is 9.59 Å². The number of rotatable bonds is 2. The lowest BCUT2D eigenvalue weighted by atomic mass is 9.90. The molecule has 2 heterocycles. The maximum absolute atomic E-state index is 12.9. The van der Waals surface area contributed by atoms with Crippen LogP contribution in [0.1, 0.15) is 66.8 Å². The molecule has 6 heteroatoms. The summed E-state index contributed by atoms with van der Waals surface area (Å²) in [4.78, 5) is 25.1. The number of nitrogens with zero attached hydrogens (tertiary/aromatic N) is 1. The number of amides is 1. The number of benzene rings is 1. The highest BCUT2D eigenvalue weighted by Gasteiger charge is 2.30. The molecule has 1 atom stereocenters. The second-order valence-corrected chi connectivity index (χ2v) is 8.79. The third kappa shape index (κ3) is 3.64. The van der Waals surface area contributed by atoms with Gasteiger partial charge in [0.2, 0.25) is 5.91 Å². The van der Waals surface area contributed by atoms with E-state index in [1.54, 1.807) is 0 Å². The SMILES string of the molecule is COC(=O)c1ccc2c(C3CCCCCC3)c3n(c2c1)CC(=O)NC1CC=CC=C1N3. The maximum Gasteiger partial charge on any atom is 0.337 e. The predicted octanol–water partition coefficient (Wildman–Crippen LogP) is 4.62. The average Bonchev–Trinajstić information content (AvgIpc) is 2.93. The van der Waals surface area contributed by atoms with Gasteiger partial charge in [0.05, 0.1) is 24.2 Å². The minimum Gasteiger partial charge on any atom is -0.465 e. The number of hydrogen-bond acceptors (Lipinski definition) is 4. The van der Waals surface area contributed by atoms with Crippen molar-refractivity contribution in [2.75, 3.05) is 12.4 Å². The molecule has 0 saturated heterocycles. The Balaban J connectivity index is 1.72. The zero-order valence-electron chi connectivity index (χ0n) is 17.9. The first-order valence-electron chi connectivity index (χ1n) is 11.3. The Morgan fingerprint density at radius 1 is 1.16 bits per heavy atom. The van der Waals surface area contributed by atoms with E-state index in [-0.39, 0.29) is 24.5 Å². The van der Waals surface area contributed by atoms with Gasteiger partial charge in [-0.1, -0.05) is 43.9 Å². The van der Waals surface area contributed by atoms with E-state index in [0.29, 0.717) is 11.5 Å². The molecule has 1 aliphatic heterocycles. The smallest absolute Gasteiger partial charge is 0.337 e. The van der Waals surface area contributed by atoms with E-state index in [2.05, 4.69) is 22.8 Å². The number of ether oxygens (including phenoxy) is 1. The first-order valence-corrected chi connectivity index (χ1v) is 11.3. The van der Waals surface area contributed by atoms with Gasteiger partial charge in [-0.05, 0) is 43.4 Å². The predicted molar refractivity (Wildman–Crippen MR) is 121 cm³/mol. The summed E-state index contributed by atoms with van der Waals surface area (Å²) in [7, 11) is 1.39. The van der Waals surface area contributed by atoms with Crippen LogP contribution in [0.2, 0.25) is 0 Å². The van der Waals surface area contributed by atoms with Crippen molar-refractivity contribution in [1.29, 1.82) is 0 Å². The van der Waals surface area contributed by atoms with Crippen LogP contribution in [0.4, 0.5) is 5.82 Å². The zero-order chi connectivity index (χ0) is 21.4. The Morgan fingerprint density at radius 3 is 2.74 bits per heavy atom. The van der Waals surface area contributed by atoms with E-state index in [1.807, 2.05) is 28.8 Å². The van der Waals surface area contributed by atoms with E-state index in [1.165, 1.54) is 38.4 Å². The van der Waals surface area contributed by atoms with Crippen LogP contribution in [-0.4, -0.2) is 29.6 Å². The summed E-state index contributed by atoms with van der Waals surface area (Å²) in [5, 5.41) is 7.97. The molecule has 0 radical (unpaired) electrons. The van der Waals surface area contributed by atoms with Crippen LogP contribution in [0.25, 0.3) is 10.9 Å². The van der Waals surface area contributed by atoms with Crippen LogP contribution in [-0.2, 0) is 16.1 Å². The number of hydrogen-bond donors (Lipinski definition) is 2. The summed E-state index contributed by atoms with van der Waals surface area (Å²) in [5.41, 5.74) is 3.72. The molecule has 31 heavy (non-hydrogen) atoms. The van der Waals surface area contributed by atoms with Gasteiger partial charge < -0.3 is 19.9 Å². The van der Waals surface area contributed by atoms with Crippen LogP contribution in [0.5, 0.6) is 0 Å². The van der Waals surface area contributed by atoms with Crippen LogP contribution in [0.15, 0.2) is 42.1 Å². The molecule has 2 N–H and O–H groups in total. The molecule has 1 unspecified atom stereocenters. The van der Waals surface area contributed by atoms with Crippen LogP contribution >= 0.6 is 0 Å². The minimum absolute atomic E-state index is 0.0123. The van der Waals surface area contributed by atoms with Gasteiger partial charge in [0.25, 0.3) is 0 Å². The molecule has 162 valence electrons. The van der Waals surface area contributed by atoms with Gasteiger partial charge in [-0.2, -0.15) is 0 Å². The highest BCUT2D eigenvalue weighted by molar-refractivity contribution is 5.99. The normalized spacial score (nSPS) is 21.6. The summed E-state index contributed by atoms with van der Waals surface area (Å²) < 4.78 is 6.99. The molecular formula is C25H29N3O3. The standard InChI is InChI=1S/C25H29N3O3/c1-31-25(30)17-12-13-18-21(14-17)28-15-22(29)26-19-10-6-7-11-20(19)27-24(28)23(18)16-8-4-2-3-5-9-16/h6-7,11-14,16,19,27H,2-5,8-10,15H2,1H3,(H,26,29). The maximum atomic E-state index is 12.9. The lowest BCUT2D eigenvalue weighted by Gasteiger charge is -2.29. The summed E-state index contributed by atoms with van der Waals surface area (Å²) in [6.07, 6.45) is 14.3. The van der Waals surface area contributed by atoms with Crippen LogP contribution < -0.4 is 10.6 Å². The van der Waals surface area contributed by atoms with Gasteiger partial charge >= 0.3 is 5.97 Å². The van der Waals surface area contributed by atoms with Gasteiger partial charge in [0.1, 0.15) is 12.4 Å². The molecule has 5 rings (SSSR count). The van der Waals surface area contributed by atoms with Crippen molar-refractivity contribution in [3.63, 3.8) is 0 Å². The van der Waals surface area contributed by atoms with Gasteiger partial charge in [0, 0.05) is 16.6 Å². The number of anilines is 1. The summed E-state index contributed by atoms with van der Waals surface area (Å²) in [6, 6.07) is 5.71. The van der Waals surface area contributed by atoms with Crippen molar-refractivity contribution in [1.82, 2.24) is 9.88 Å². The minimum atomic E-state index is -0.364. The van der Waals surface area contributed by atoms with E-state index < -0.39 is 0 Å². The molecule has 1 saturated carbocycles. The largest absolute Gasteiger partial charge is 0.465 e. The van der Waals surface area contributed by atoms with Crippen molar-refractivity contribution in [3.05, 3.63) is 53.3 Å². The van der Waals surface area contributed by atoms with Gasteiger partial charge in [-0.3, -0.25) is 4.79 Å². The highest BCUT2D eigenvalue weighted by Crippen LogP contribution is 2.43. The molecule has 3 aliphatic rings. The number of carbonyl (C=O) groups excluding carboxylic acids is 2. The first kappa shape index (κ1) is 19.9. The zero-order valence-corrected chi connectivity index (χ0v) is 17.9. The van der Waals surface area contributed by atoms with Gasteiger partial charge in [-0.25, -0.2) is 4.79 Å². The quantitative estimate of drug-likeness (QED) is 0.550. The fourth-order valence-corrected chi connectivity index (χ4v) is 5.32. The number of nitrogens with one attached hydrogen (secondary N) is 2. The van der Waals surface area contributed by atoms with Crippen molar-refractivity contribution in [2.24, 2.45) is 0 Å². The molecular weight excluding hydrogens is 390 g/mol. The number of fused-ring (bicyclic) bond motifs is 4. The van der Waals surface area contributed by atoms with Gasteiger partial charge in [0.15, 0.2) is 0 Å². The Bertz CT molecular complexity index is 1090. The number of aromatic nitrogens is 1. The lowest BCUT2D eigenvalue weighted by molar-refractivity contribution is -0.122. The number of carbonyl (C=O) groups is 2. The first-order chi connectivity index (χ1) is 15.2. The van der Waals surface area contributed by atoms with Crippen molar-refractivity contribution in [2.45, 2.75) is 63.5 Å². The van der Waals surface area contributed by atoms with E-state index >= 15 is 0 Å². The fraction of sp³-hybridized carbons (Fsp3) is 0.440. The summed E-state index contributed by atoms with van der Waals surface area (Å²) >= 11 is 0. The third-order valence-electron chi connectivity index (χ3n) is 6.85. The number of allylic oxidation sites excluding steroid dienone is 2. The molecule has 1 fully saturated rings. The topological polar surface area (TPSA) is 72.4 Å². The number of methoxy groups -OCH3 is 1. The van der Waals surface area contributed by atoms with E-state index in [0.717, 1.165) is 41.7 Å². The molecule has 0 spiro atoms.